The molecule has 0 aliphatic carbocycles. The maximum absolute atomic E-state index is 12.2. The van der Waals surface area contributed by atoms with Crippen LogP contribution in [0.25, 0.3) is 0 Å². The van der Waals surface area contributed by atoms with E-state index in [-0.39, 0.29) is 11.3 Å². The fourth-order valence-electron chi connectivity index (χ4n) is 11.8. The van der Waals surface area contributed by atoms with E-state index in [9.17, 15) is 112 Å². The van der Waals surface area contributed by atoms with Gasteiger partial charge < -0.3 is 179 Å². The van der Waals surface area contributed by atoms with E-state index in [1.807, 2.05) is 0 Å². The Balaban J connectivity index is 1.04. The zero-order valence-electron chi connectivity index (χ0n) is 46.9. The van der Waals surface area contributed by atoms with Crippen LogP contribution in [-0.2, 0) is 77.7 Å². The molecule has 21 N–H and O–H groups in total. The van der Waals surface area contributed by atoms with E-state index in [2.05, 4.69) is 5.32 Å². The molecular weight excluding hydrogens is 1220 g/mol. The monoisotopic (exact) mass is 1300 g/mol. The van der Waals surface area contributed by atoms with Gasteiger partial charge >= 0.3 is 0 Å². The SMILES string of the molecule is CNc1ccc(CO[C@H]2[C@H]3O[C@H]4[C@H](O)[C@@H](O)[C@@H](O[C@H]5[C@H](O)[C@@H](O)[C@@H](O[C@H]6[C@H](O)[C@@H](O)[C@@H](O[C@H]7[C@H](O)[C@@H](O)[C@@H](O[C@H]8[C@H](O)[C@@H](O)[C@@H](O[C@H]9[C@H](O)[C@@H](O)[C@@H](O[C@@H]([C@@H]2O)[C@@H](CO)O3)O[C@@H]9CO)O[C@@H]8CO)O[C@@H]7CO)O[C@@H]6CO)O[C@@H]5CO)O[C@@H]4CO)cc1[N+](=O)[O-]. The maximum Gasteiger partial charge on any atom is 0.292 e. The Labute approximate surface area is 502 Å². The van der Waals surface area contributed by atoms with Crippen LogP contribution in [-0.4, -0.2) is 375 Å². The molecule has 15 aliphatic heterocycles. The van der Waals surface area contributed by atoms with Gasteiger partial charge in [-0.25, -0.2) is 0 Å². The molecule has 1 aromatic rings. The number of nitrogens with zero attached hydrogens (tertiary/aromatic N) is 1. The van der Waals surface area contributed by atoms with Crippen molar-refractivity contribution in [3.05, 3.63) is 33.9 Å². The molecule has 89 heavy (non-hydrogen) atoms. The third-order valence-electron chi connectivity index (χ3n) is 16.7. The molecule has 39 heteroatoms. The van der Waals surface area contributed by atoms with Crippen molar-refractivity contribution in [2.45, 2.75) is 222 Å². The van der Waals surface area contributed by atoms with Crippen LogP contribution in [0.5, 0.6) is 0 Å². The summed E-state index contributed by atoms with van der Waals surface area (Å²) < 4.78 is 87.4. The number of aliphatic hydroxyl groups is 20. The van der Waals surface area contributed by atoms with E-state index >= 15 is 0 Å². The number of hydrogen-bond acceptors (Lipinski definition) is 38. The minimum Gasteiger partial charge on any atom is -0.394 e. The van der Waals surface area contributed by atoms with Crippen molar-refractivity contribution in [2.24, 2.45) is 0 Å². The molecule has 14 bridgehead atoms. The number of anilines is 1. The lowest BCUT2D eigenvalue weighted by molar-refractivity contribution is -0.398. The van der Waals surface area contributed by atoms with Gasteiger partial charge in [-0.3, -0.25) is 10.1 Å². The summed E-state index contributed by atoms with van der Waals surface area (Å²) >= 11 is 0. The number of hydrogen-bond donors (Lipinski definition) is 21. The average Bonchev–Trinajstić information content (AvgIpc) is 1.16. The van der Waals surface area contributed by atoms with Gasteiger partial charge in [0.2, 0.25) is 0 Å². The van der Waals surface area contributed by atoms with Crippen molar-refractivity contribution in [1.29, 1.82) is 0 Å². The van der Waals surface area contributed by atoms with E-state index in [4.69, 9.17) is 71.1 Å². The van der Waals surface area contributed by atoms with Crippen molar-refractivity contribution in [2.75, 3.05) is 58.6 Å². The van der Waals surface area contributed by atoms with Crippen LogP contribution in [0.15, 0.2) is 18.2 Å². The predicted octanol–water partition coefficient (Wildman–Crippen LogP) is -13.1. The molecule has 510 valence electrons. The van der Waals surface area contributed by atoms with Gasteiger partial charge in [0.05, 0.1) is 57.8 Å². The highest BCUT2D eigenvalue weighted by molar-refractivity contribution is 5.62. The number of nitro benzene ring substituents is 1. The first-order valence-electron chi connectivity index (χ1n) is 28.3. The molecule has 15 aliphatic rings. The topological polar surface area (TPSA) is 598 Å². The zero-order valence-corrected chi connectivity index (χ0v) is 46.9. The summed E-state index contributed by atoms with van der Waals surface area (Å²) in [5, 5.41) is 238. The van der Waals surface area contributed by atoms with Crippen molar-refractivity contribution in [1.82, 2.24) is 0 Å². The van der Waals surface area contributed by atoms with E-state index < -0.39 is 278 Å². The molecule has 0 unspecified atom stereocenters. The Bertz CT molecular complexity index is 2400. The normalized spacial score (nSPS) is 49.4. The van der Waals surface area contributed by atoms with Crippen molar-refractivity contribution < 1.29 is 178 Å². The van der Waals surface area contributed by atoms with Crippen molar-refractivity contribution in [3.8, 4) is 0 Å². The predicted molar refractivity (Wildman–Crippen MR) is 274 cm³/mol. The Morgan fingerprint density at radius 3 is 0.843 bits per heavy atom. The van der Waals surface area contributed by atoms with Gasteiger partial charge in [0.25, 0.3) is 5.69 Å². The molecule has 1 aromatic carbocycles. The fraction of sp³-hybridized carbons (Fsp3) is 0.880. The zero-order chi connectivity index (χ0) is 64.6. The first-order chi connectivity index (χ1) is 42.5. The second kappa shape index (κ2) is 30.2. The molecule has 0 radical (unpaired) electrons. The lowest BCUT2D eigenvalue weighted by Crippen LogP contribution is -2.68. The van der Waals surface area contributed by atoms with Crippen LogP contribution in [0.2, 0.25) is 0 Å². The number of aliphatic hydroxyl groups excluding tert-OH is 20. The van der Waals surface area contributed by atoms with E-state index in [1.54, 1.807) is 0 Å². The summed E-state index contributed by atoms with van der Waals surface area (Å²) in [7, 11) is 1.42. The molecule has 0 aromatic heterocycles. The molecule has 15 fully saturated rings. The second-order valence-electron chi connectivity index (χ2n) is 22.3. The lowest BCUT2D eigenvalue weighted by Gasteiger charge is -2.50. The Kier molecular flexibility index (Phi) is 23.9. The summed E-state index contributed by atoms with van der Waals surface area (Å²) in [6, 6.07) is 3.84. The molecule has 0 saturated carbocycles. The third-order valence-corrected chi connectivity index (χ3v) is 16.7. The van der Waals surface area contributed by atoms with Crippen molar-refractivity contribution in [3.63, 3.8) is 0 Å². The number of nitro groups is 1. The van der Waals surface area contributed by atoms with Crippen LogP contribution >= 0.6 is 0 Å². The number of benzene rings is 1. The van der Waals surface area contributed by atoms with Crippen LogP contribution < -0.4 is 5.32 Å². The highest BCUT2D eigenvalue weighted by atomic mass is 16.8. The van der Waals surface area contributed by atoms with Gasteiger partial charge in [0.1, 0.15) is 177 Å². The van der Waals surface area contributed by atoms with E-state index in [1.165, 1.54) is 19.2 Å². The first-order valence-corrected chi connectivity index (χ1v) is 28.3. The van der Waals surface area contributed by atoms with Gasteiger partial charge in [0.15, 0.2) is 44.0 Å². The molecule has 39 nitrogen and oxygen atoms in total. The lowest BCUT2D eigenvalue weighted by atomic mass is 9.95. The summed E-state index contributed by atoms with van der Waals surface area (Å²) in [6.07, 6.45) is -71.3. The highest BCUT2D eigenvalue weighted by Crippen LogP contribution is 2.40. The van der Waals surface area contributed by atoms with Gasteiger partial charge in [-0.15, -0.1) is 0 Å². The smallest absolute Gasteiger partial charge is 0.292 e. The van der Waals surface area contributed by atoms with Gasteiger partial charge in [-0.05, 0) is 11.6 Å². The molecule has 15 heterocycles. The number of nitrogens with one attached hydrogen (secondary N) is 1. The van der Waals surface area contributed by atoms with Gasteiger partial charge in [-0.2, -0.15) is 0 Å². The summed E-state index contributed by atoms with van der Waals surface area (Å²) in [5.41, 5.74) is -0.230. The third kappa shape index (κ3) is 14.2. The van der Waals surface area contributed by atoms with Crippen LogP contribution in [0, 0.1) is 10.1 Å². The standard InChI is InChI=1S/C50H78N2O37/c1-51-14-3-2-13(4-15(14)52(73)74)12-75-43-35(72)42-22(11-59)82-50(43)89-41-21(10-58)81-48(34(71)28(41)65)87-39-19(8-56)79-46(32(69)26(39)63)85-37-17(6-54)77-44(30(67)24(37)61)83-36-16(5-53)76-45(29(66)23(36)60)84-38-18(7-55)78-47(31(68)25(38)62)86-40-20(9-57)80-49(88-42)33(70)27(40)64/h2-4,16-51,53-72H,5-12H2,1H3/t16-,17-,18-,19-,20-,21-,22-,23-,24-,25-,26-,27-,28-,29-,30-,31-,32-,33-,34-,35+,36-,37-,38-,39-,40-,41-,42-,43-,44-,45-,46-,47-,48-,49-,50-/m1/s1. The van der Waals surface area contributed by atoms with E-state index in [0.717, 1.165) is 6.07 Å². The summed E-state index contributed by atoms with van der Waals surface area (Å²) in [5.74, 6) is 0. The summed E-state index contributed by atoms with van der Waals surface area (Å²) in [6.45, 7) is -8.17. The first kappa shape index (κ1) is 70.3. The fourth-order valence-corrected chi connectivity index (χ4v) is 11.8. The maximum atomic E-state index is 12.2. The largest absolute Gasteiger partial charge is 0.394 e. The molecule has 15 saturated heterocycles. The number of rotatable bonds is 12. The van der Waals surface area contributed by atoms with Gasteiger partial charge in [0, 0.05) is 13.1 Å². The average molecular weight is 1300 g/mol. The van der Waals surface area contributed by atoms with E-state index in [0.29, 0.717) is 0 Å². The quantitative estimate of drug-likeness (QED) is 0.0682. The number of fused-ring (bicyclic) bond motifs is 7. The Hall–Kier alpha value is -2.98. The minimum absolute atomic E-state index is 0.0906. The molecular formula is C50H78N2O37. The Morgan fingerprint density at radius 2 is 0.607 bits per heavy atom. The molecule has 0 amide bonds. The summed E-state index contributed by atoms with van der Waals surface area (Å²) in [4.78, 5) is 11.3. The highest BCUT2D eigenvalue weighted by Gasteiger charge is 2.60. The molecule has 16 rings (SSSR count). The van der Waals surface area contributed by atoms with Crippen LogP contribution in [0.4, 0.5) is 11.4 Å². The minimum atomic E-state index is -2.27. The van der Waals surface area contributed by atoms with Crippen LogP contribution in [0.1, 0.15) is 5.56 Å². The molecule has 35 atom stereocenters. The second-order valence-corrected chi connectivity index (χ2v) is 22.3. The molecule has 0 spiro atoms. The van der Waals surface area contributed by atoms with Crippen molar-refractivity contribution >= 4 is 11.4 Å². The Morgan fingerprint density at radius 1 is 0.371 bits per heavy atom. The van der Waals surface area contributed by atoms with Crippen LogP contribution in [0.3, 0.4) is 0 Å². The van der Waals surface area contributed by atoms with Gasteiger partial charge in [-0.1, -0.05) is 6.07 Å². The number of ether oxygens (including phenoxy) is 15.